The first kappa shape index (κ1) is 18.4. The molecular weight excluding hydrogens is 336 g/mol. The van der Waals surface area contributed by atoms with E-state index in [9.17, 15) is 30.0 Å². The Morgan fingerprint density at radius 2 is 1.92 bits per heavy atom. The number of carbonyl (C=O) groups excluding carboxylic acids is 1. The zero-order valence-electron chi connectivity index (χ0n) is 15.6. The predicted octanol–water partition coefficient (Wildman–Crippen LogP) is 1.36. The second-order valence-corrected chi connectivity index (χ2v) is 9.92. The SMILES string of the molecule is C[C@@]12CCC[C@@](C)(C(=O)O)[C@H]1CC[C@@]13C[C@@H](C[C@H](O)[C@H]12)[C@](O)(CO)C3=O. The number of hydrogen-bond acceptors (Lipinski definition) is 5. The van der Waals surface area contributed by atoms with E-state index in [-0.39, 0.29) is 17.6 Å². The fourth-order valence-corrected chi connectivity index (χ4v) is 7.89. The maximum atomic E-state index is 13.3. The van der Waals surface area contributed by atoms with Crippen molar-refractivity contribution in [3.05, 3.63) is 0 Å². The highest BCUT2D eigenvalue weighted by molar-refractivity contribution is 5.96. The van der Waals surface area contributed by atoms with Gasteiger partial charge in [0.25, 0.3) is 0 Å². The van der Waals surface area contributed by atoms with Gasteiger partial charge in [-0.05, 0) is 56.8 Å². The summed E-state index contributed by atoms with van der Waals surface area (Å²) in [4.78, 5) is 25.4. The minimum Gasteiger partial charge on any atom is -0.481 e. The van der Waals surface area contributed by atoms with E-state index < -0.39 is 46.4 Å². The van der Waals surface area contributed by atoms with Gasteiger partial charge in [0.15, 0.2) is 5.78 Å². The summed E-state index contributed by atoms with van der Waals surface area (Å²) in [6.07, 6.45) is 3.32. The summed E-state index contributed by atoms with van der Waals surface area (Å²) in [5, 5.41) is 41.6. The van der Waals surface area contributed by atoms with Gasteiger partial charge in [0.2, 0.25) is 0 Å². The van der Waals surface area contributed by atoms with Gasteiger partial charge in [-0.25, -0.2) is 0 Å². The molecule has 1 spiro atoms. The van der Waals surface area contributed by atoms with E-state index in [4.69, 9.17) is 0 Å². The number of aliphatic hydroxyl groups is 3. The van der Waals surface area contributed by atoms with Crippen molar-refractivity contribution < 1.29 is 30.0 Å². The Bertz CT molecular complexity index is 663. The first-order valence-electron chi connectivity index (χ1n) is 9.86. The topological polar surface area (TPSA) is 115 Å². The van der Waals surface area contributed by atoms with Crippen LogP contribution in [0.3, 0.4) is 0 Å². The molecule has 0 unspecified atom stereocenters. The summed E-state index contributed by atoms with van der Waals surface area (Å²) < 4.78 is 0. The average Bonchev–Trinajstić information content (AvgIpc) is 2.73. The molecule has 4 fully saturated rings. The molecule has 4 aliphatic carbocycles. The quantitative estimate of drug-likeness (QED) is 0.587. The lowest BCUT2D eigenvalue weighted by Crippen LogP contribution is -2.63. The lowest BCUT2D eigenvalue weighted by atomic mass is 9.40. The fraction of sp³-hybridized carbons (Fsp3) is 0.900. The van der Waals surface area contributed by atoms with Gasteiger partial charge in [-0.15, -0.1) is 0 Å². The van der Waals surface area contributed by atoms with Crippen LogP contribution in [0.1, 0.15) is 58.8 Å². The van der Waals surface area contributed by atoms with Crippen molar-refractivity contribution in [2.45, 2.75) is 70.5 Å². The Hall–Kier alpha value is -0.980. The van der Waals surface area contributed by atoms with Gasteiger partial charge < -0.3 is 20.4 Å². The molecule has 0 aromatic carbocycles. The van der Waals surface area contributed by atoms with Gasteiger partial charge in [-0.3, -0.25) is 9.59 Å². The number of carboxylic acid groups (broad SMARTS) is 1. The molecular formula is C20H30O6. The molecule has 6 nitrogen and oxygen atoms in total. The van der Waals surface area contributed by atoms with Gasteiger partial charge in [0.1, 0.15) is 5.60 Å². The smallest absolute Gasteiger partial charge is 0.309 e. The maximum absolute atomic E-state index is 13.3. The first-order chi connectivity index (χ1) is 12.1. The van der Waals surface area contributed by atoms with E-state index in [0.717, 1.165) is 12.8 Å². The lowest BCUT2D eigenvalue weighted by Gasteiger charge is -2.63. The van der Waals surface area contributed by atoms with Gasteiger partial charge in [-0.1, -0.05) is 13.3 Å². The van der Waals surface area contributed by atoms with E-state index in [1.807, 2.05) is 6.92 Å². The molecule has 0 amide bonds. The number of ketones is 1. The van der Waals surface area contributed by atoms with Gasteiger partial charge in [0, 0.05) is 17.3 Å². The number of rotatable bonds is 2. The number of hydrogen-bond donors (Lipinski definition) is 4. The van der Waals surface area contributed by atoms with Gasteiger partial charge in [0.05, 0.1) is 18.1 Å². The average molecular weight is 366 g/mol. The van der Waals surface area contributed by atoms with E-state index in [0.29, 0.717) is 32.1 Å². The van der Waals surface area contributed by atoms with Crippen LogP contribution in [0.15, 0.2) is 0 Å². The second kappa shape index (κ2) is 5.30. The Morgan fingerprint density at radius 1 is 1.23 bits per heavy atom. The molecule has 146 valence electrons. The predicted molar refractivity (Wildman–Crippen MR) is 92.1 cm³/mol. The molecule has 0 aliphatic heterocycles. The second-order valence-electron chi connectivity index (χ2n) is 9.92. The van der Waals surface area contributed by atoms with Crippen LogP contribution in [0, 0.1) is 34.0 Å². The lowest BCUT2D eigenvalue weighted by molar-refractivity contribution is -0.199. The molecule has 0 saturated heterocycles. The van der Waals surface area contributed by atoms with Gasteiger partial charge >= 0.3 is 5.97 Å². The Kier molecular flexibility index (Phi) is 3.75. The molecule has 4 N–H and O–H groups in total. The normalized spacial score (nSPS) is 56.0. The highest BCUT2D eigenvalue weighted by Crippen LogP contribution is 2.71. The molecule has 4 aliphatic rings. The summed E-state index contributed by atoms with van der Waals surface area (Å²) in [5.74, 6) is -1.98. The molecule has 4 rings (SSSR count). The van der Waals surface area contributed by atoms with Crippen molar-refractivity contribution >= 4 is 11.8 Å². The van der Waals surface area contributed by atoms with E-state index in [2.05, 4.69) is 6.92 Å². The fourth-order valence-electron chi connectivity index (χ4n) is 7.89. The molecule has 0 aromatic heterocycles. The largest absolute Gasteiger partial charge is 0.481 e. The van der Waals surface area contributed by atoms with Crippen LogP contribution in [0.4, 0.5) is 0 Å². The van der Waals surface area contributed by atoms with Crippen molar-refractivity contribution in [3.63, 3.8) is 0 Å². The number of aliphatic hydroxyl groups excluding tert-OH is 2. The molecule has 0 aromatic rings. The minimum atomic E-state index is -1.76. The van der Waals surface area contributed by atoms with Gasteiger partial charge in [-0.2, -0.15) is 0 Å². The van der Waals surface area contributed by atoms with E-state index >= 15 is 0 Å². The zero-order chi connectivity index (χ0) is 19.1. The number of carbonyl (C=O) groups is 2. The molecule has 0 radical (unpaired) electrons. The standard InChI is InChI=1S/C20H30O6/c1-17-5-3-6-18(2,16(24)25)13(17)4-7-19-9-11(8-12(22)14(17)19)20(26,10-21)15(19)23/h11-14,21-22,26H,3-10H2,1-2H3,(H,24,25)/t11-,12+,13+,14+,17-,18-,19-,20-/m1/s1. The summed E-state index contributed by atoms with van der Waals surface area (Å²) in [6, 6.07) is 0. The Balaban J connectivity index is 1.83. The summed E-state index contributed by atoms with van der Waals surface area (Å²) >= 11 is 0. The third-order valence-corrected chi connectivity index (χ3v) is 8.93. The summed E-state index contributed by atoms with van der Waals surface area (Å²) in [6.45, 7) is 3.26. The van der Waals surface area contributed by atoms with Crippen molar-refractivity contribution in [3.8, 4) is 0 Å². The van der Waals surface area contributed by atoms with Crippen LogP contribution in [0.25, 0.3) is 0 Å². The zero-order valence-corrected chi connectivity index (χ0v) is 15.6. The summed E-state index contributed by atoms with van der Waals surface area (Å²) in [7, 11) is 0. The first-order valence-corrected chi connectivity index (χ1v) is 9.86. The third-order valence-electron chi connectivity index (χ3n) is 8.93. The van der Waals surface area contributed by atoms with E-state index in [1.54, 1.807) is 0 Å². The molecule has 0 heterocycles. The number of Topliss-reactive ketones (excluding diaryl/α,β-unsaturated/α-hetero) is 1. The van der Waals surface area contributed by atoms with Crippen LogP contribution >= 0.6 is 0 Å². The van der Waals surface area contributed by atoms with Crippen molar-refractivity contribution in [2.75, 3.05) is 6.61 Å². The number of fused-ring (bicyclic) bond motifs is 3. The van der Waals surface area contributed by atoms with Crippen LogP contribution in [-0.2, 0) is 9.59 Å². The molecule has 4 saturated carbocycles. The van der Waals surface area contributed by atoms with Crippen LogP contribution in [-0.4, -0.2) is 50.5 Å². The highest BCUT2D eigenvalue weighted by atomic mass is 16.4. The Labute approximate surface area is 153 Å². The highest BCUT2D eigenvalue weighted by Gasteiger charge is 2.74. The van der Waals surface area contributed by atoms with E-state index in [1.165, 1.54) is 0 Å². The molecule has 8 atom stereocenters. The monoisotopic (exact) mass is 366 g/mol. The molecule has 2 bridgehead atoms. The summed E-state index contributed by atoms with van der Waals surface area (Å²) in [5.41, 5.74) is -3.89. The number of carboxylic acids is 1. The van der Waals surface area contributed by atoms with Crippen molar-refractivity contribution in [2.24, 2.45) is 34.0 Å². The molecule has 26 heavy (non-hydrogen) atoms. The van der Waals surface area contributed by atoms with Crippen LogP contribution in [0.2, 0.25) is 0 Å². The third kappa shape index (κ3) is 1.88. The molecule has 6 heteroatoms. The minimum absolute atomic E-state index is 0.0984. The van der Waals surface area contributed by atoms with Crippen molar-refractivity contribution in [1.29, 1.82) is 0 Å². The number of aliphatic carboxylic acids is 1. The maximum Gasteiger partial charge on any atom is 0.309 e. The Morgan fingerprint density at radius 3 is 2.54 bits per heavy atom. The van der Waals surface area contributed by atoms with Crippen molar-refractivity contribution in [1.82, 2.24) is 0 Å². The van der Waals surface area contributed by atoms with Crippen LogP contribution < -0.4 is 0 Å². The van der Waals surface area contributed by atoms with Crippen LogP contribution in [0.5, 0.6) is 0 Å².